The average Bonchev–Trinajstić information content (AvgIpc) is 2.03. The van der Waals surface area contributed by atoms with Gasteiger partial charge in [0.05, 0.1) is 0 Å². The van der Waals surface area contributed by atoms with Crippen molar-refractivity contribution in [1.29, 1.82) is 0 Å². The van der Waals surface area contributed by atoms with Crippen LogP contribution in [0.25, 0.3) is 0 Å². The van der Waals surface area contributed by atoms with Crippen molar-refractivity contribution in [3.05, 3.63) is 42.7 Å². The molecule has 1 aromatic rings. The normalized spacial score (nSPS) is 10.5. The van der Waals surface area contributed by atoms with E-state index in [1.165, 1.54) is 0 Å². The summed E-state index contributed by atoms with van der Waals surface area (Å²) in [7, 11) is 0. The van der Waals surface area contributed by atoms with Crippen LogP contribution in [0.5, 0.6) is 0 Å². The average molecular weight is 134 g/mol. The van der Waals surface area contributed by atoms with Crippen LogP contribution in [0.1, 0.15) is 6.92 Å². The van der Waals surface area contributed by atoms with Gasteiger partial charge >= 0.3 is 0 Å². The van der Waals surface area contributed by atoms with E-state index in [9.17, 15) is 0 Å². The molecule has 0 aliphatic rings. The summed E-state index contributed by atoms with van der Waals surface area (Å²) in [5.74, 6) is 0. The molecule has 0 aromatic carbocycles. The molecule has 1 heterocycles. The standard InChI is InChI=1S/C9H12N/c1-2-3-7-10-8-5-4-6-9-10/h2-6,8-9H,7H2,1H3/q+1. The number of rotatable bonds is 2. The SMILES string of the molecule is CC=CC[n+]1ccccc1. The fourth-order valence-corrected chi connectivity index (χ4v) is 0.783. The molecule has 0 amide bonds. The van der Waals surface area contributed by atoms with Gasteiger partial charge in [-0.2, -0.15) is 0 Å². The van der Waals surface area contributed by atoms with Crippen molar-refractivity contribution < 1.29 is 4.57 Å². The van der Waals surface area contributed by atoms with Gasteiger partial charge in [-0.15, -0.1) is 0 Å². The monoisotopic (exact) mass is 134 g/mol. The zero-order chi connectivity index (χ0) is 7.23. The van der Waals surface area contributed by atoms with Crippen LogP contribution in [0, 0.1) is 0 Å². The molecule has 0 N–H and O–H groups in total. The molecular formula is C9H12N+. The molecule has 0 radical (unpaired) electrons. The Hall–Kier alpha value is -1.11. The number of allylic oxidation sites excluding steroid dienone is 2. The molecular weight excluding hydrogens is 122 g/mol. The second kappa shape index (κ2) is 3.83. The van der Waals surface area contributed by atoms with Crippen molar-refractivity contribution >= 4 is 0 Å². The number of aromatic nitrogens is 1. The molecule has 0 saturated heterocycles. The Morgan fingerprint density at radius 3 is 2.50 bits per heavy atom. The summed E-state index contributed by atoms with van der Waals surface area (Å²) in [6.07, 6.45) is 8.29. The van der Waals surface area contributed by atoms with Crippen molar-refractivity contribution in [3.8, 4) is 0 Å². The molecule has 1 rings (SSSR count). The van der Waals surface area contributed by atoms with Gasteiger partial charge < -0.3 is 0 Å². The third-order valence-electron chi connectivity index (χ3n) is 1.33. The van der Waals surface area contributed by atoms with Crippen molar-refractivity contribution in [2.24, 2.45) is 0 Å². The lowest BCUT2D eigenvalue weighted by atomic mass is 10.4. The van der Waals surface area contributed by atoms with Gasteiger partial charge in [0.2, 0.25) is 0 Å². The predicted molar refractivity (Wildman–Crippen MR) is 41.5 cm³/mol. The van der Waals surface area contributed by atoms with Crippen LogP contribution in [0.15, 0.2) is 42.7 Å². The van der Waals surface area contributed by atoms with E-state index < -0.39 is 0 Å². The van der Waals surface area contributed by atoms with Crippen molar-refractivity contribution in [3.63, 3.8) is 0 Å². The first-order chi connectivity index (χ1) is 4.93. The Bertz CT molecular complexity index is 201. The zero-order valence-corrected chi connectivity index (χ0v) is 6.20. The quantitative estimate of drug-likeness (QED) is 0.427. The summed E-state index contributed by atoms with van der Waals surface area (Å²) >= 11 is 0. The van der Waals surface area contributed by atoms with Crippen molar-refractivity contribution in [1.82, 2.24) is 0 Å². The van der Waals surface area contributed by atoms with Crippen LogP contribution in [-0.4, -0.2) is 0 Å². The Morgan fingerprint density at radius 1 is 1.20 bits per heavy atom. The number of hydrogen-bond acceptors (Lipinski definition) is 0. The molecule has 0 bridgehead atoms. The lowest BCUT2D eigenvalue weighted by Crippen LogP contribution is -2.30. The van der Waals surface area contributed by atoms with E-state index in [0.717, 1.165) is 6.54 Å². The van der Waals surface area contributed by atoms with E-state index in [1.54, 1.807) is 0 Å². The molecule has 0 atom stereocenters. The summed E-state index contributed by atoms with van der Waals surface area (Å²) in [5, 5.41) is 0. The second-order valence-corrected chi connectivity index (χ2v) is 2.14. The molecule has 0 fully saturated rings. The first-order valence-corrected chi connectivity index (χ1v) is 3.48. The van der Waals surface area contributed by atoms with E-state index in [-0.39, 0.29) is 0 Å². The lowest BCUT2D eigenvalue weighted by Gasteiger charge is -1.87. The van der Waals surface area contributed by atoms with Gasteiger partial charge in [0.25, 0.3) is 0 Å². The van der Waals surface area contributed by atoms with Gasteiger partial charge in [0.1, 0.15) is 0 Å². The number of pyridine rings is 1. The molecule has 0 unspecified atom stereocenters. The van der Waals surface area contributed by atoms with Gasteiger partial charge in [0, 0.05) is 12.1 Å². The fraction of sp³-hybridized carbons (Fsp3) is 0.222. The first-order valence-electron chi connectivity index (χ1n) is 3.48. The van der Waals surface area contributed by atoms with Crippen LogP contribution in [0.4, 0.5) is 0 Å². The van der Waals surface area contributed by atoms with Gasteiger partial charge in [0.15, 0.2) is 18.9 Å². The molecule has 52 valence electrons. The first kappa shape index (κ1) is 7.00. The van der Waals surface area contributed by atoms with Crippen LogP contribution in [-0.2, 0) is 6.54 Å². The van der Waals surface area contributed by atoms with E-state index in [0.29, 0.717) is 0 Å². The Kier molecular flexibility index (Phi) is 2.68. The van der Waals surface area contributed by atoms with Gasteiger partial charge in [-0.25, -0.2) is 4.57 Å². The highest BCUT2D eigenvalue weighted by atomic mass is 14.9. The fourth-order valence-electron chi connectivity index (χ4n) is 0.783. The highest BCUT2D eigenvalue weighted by Crippen LogP contribution is 1.77. The summed E-state index contributed by atoms with van der Waals surface area (Å²) in [6, 6.07) is 6.08. The molecule has 1 aromatic heterocycles. The van der Waals surface area contributed by atoms with Gasteiger partial charge in [-0.1, -0.05) is 12.1 Å². The topological polar surface area (TPSA) is 3.88 Å². The molecule has 1 nitrogen and oxygen atoms in total. The molecule has 0 aliphatic heterocycles. The molecule has 0 saturated carbocycles. The largest absolute Gasteiger partial charge is 0.201 e. The van der Waals surface area contributed by atoms with Crippen LogP contribution in [0.3, 0.4) is 0 Å². The minimum Gasteiger partial charge on any atom is -0.201 e. The van der Waals surface area contributed by atoms with Crippen LogP contribution >= 0.6 is 0 Å². The third-order valence-corrected chi connectivity index (χ3v) is 1.33. The maximum absolute atomic E-state index is 2.12. The number of nitrogens with zero attached hydrogens (tertiary/aromatic N) is 1. The van der Waals surface area contributed by atoms with E-state index in [1.807, 2.05) is 25.1 Å². The zero-order valence-electron chi connectivity index (χ0n) is 6.20. The third kappa shape index (κ3) is 2.02. The summed E-state index contributed by atoms with van der Waals surface area (Å²) < 4.78 is 2.12. The second-order valence-electron chi connectivity index (χ2n) is 2.14. The minimum atomic E-state index is 0.970. The molecule has 0 spiro atoms. The van der Waals surface area contributed by atoms with Crippen LogP contribution in [0.2, 0.25) is 0 Å². The Labute approximate surface area is 61.6 Å². The summed E-state index contributed by atoms with van der Waals surface area (Å²) in [6.45, 7) is 3.00. The van der Waals surface area contributed by atoms with Gasteiger partial charge in [-0.05, 0) is 13.0 Å². The summed E-state index contributed by atoms with van der Waals surface area (Å²) in [4.78, 5) is 0. The van der Waals surface area contributed by atoms with Crippen molar-refractivity contribution in [2.75, 3.05) is 0 Å². The predicted octanol–water partition coefficient (Wildman–Crippen LogP) is 1.55. The van der Waals surface area contributed by atoms with E-state index in [4.69, 9.17) is 0 Å². The minimum absolute atomic E-state index is 0.970. The highest BCUT2D eigenvalue weighted by molar-refractivity contribution is 4.84. The van der Waals surface area contributed by atoms with Crippen molar-refractivity contribution in [2.45, 2.75) is 13.5 Å². The Balaban J connectivity index is 2.59. The smallest absolute Gasteiger partial charge is 0.169 e. The molecule has 10 heavy (non-hydrogen) atoms. The molecule has 1 heteroatoms. The van der Waals surface area contributed by atoms with Crippen LogP contribution < -0.4 is 4.57 Å². The van der Waals surface area contributed by atoms with E-state index >= 15 is 0 Å². The maximum atomic E-state index is 2.12. The molecule has 0 aliphatic carbocycles. The van der Waals surface area contributed by atoms with E-state index in [2.05, 4.69) is 29.1 Å². The Morgan fingerprint density at radius 2 is 1.90 bits per heavy atom. The maximum Gasteiger partial charge on any atom is 0.169 e. The highest BCUT2D eigenvalue weighted by Gasteiger charge is 1.89. The number of hydrogen-bond donors (Lipinski definition) is 0. The summed E-state index contributed by atoms with van der Waals surface area (Å²) in [5.41, 5.74) is 0. The lowest BCUT2D eigenvalue weighted by molar-refractivity contribution is -0.687. The van der Waals surface area contributed by atoms with Gasteiger partial charge in [-0.3, -0.25) is 0 Å².